The highest BCUT2D eigenvalue weighted by molar-refractivity contribution is 5.73. The van der Waals surface area contributed by atoms with Crippen molar-refractivity contribution in [2.75, 3.05) is 36.5 Å². The maximum atomic E-state index is 14.0. The molecule has 1 aromatic heterocycles. The second kappa shape index (κ2) is 8.58. The average molecular weight is 486 g/mol. The molecule has 35 heavy (non-hydrogen) atoms. The summed E-state index contributed by atoms with van der Waals surface area (Å²) < 4.78 is 38.9. The van der Waals surface area contributed by atoms with Crippen molar-refractivity contribution in [1.82, 2.24) is 14.9 Å². The van der Waals surface area contributed by atoms with Crippen LogP contribution in [-0.4, -0.2) is 64.8 Å². The number of rotatable bonds is 5. The molecule has 5 heterocycles. The lowest BCUT2D eigenvalue weighted by Crippen LogP contribution is -2.48. The molecule has 0 spiro atoms. The lowest BCUT2D eigenvalue weighted by atomic mass is 9.78. The number of piperidine rings is 1. The maximum absolute atomic E-state index is 14.0. The van der Waals surface area contributed by atoms with E-state index in [0.29, 0.717) is 58.2 Å². The summed E-state index contributed by atoms with van der Waals surface area (Å²) in [6.07, 6.45) is 4.13. The van der Waals surface area contributed by atoms with Crippen LogP contribution < -0.4 is 15.0 Å². The molecule has 186 valence electrons. The van der Waals surface area contributed by atoms with Crippen LogP contribution in [0.15, 0.2) is 18.2 Å². The van der Waals surface area contributed by atoms with Gasteiger partial charge in [0.25, 0.3) is 0 Å². The predicted molar refractivity (Wildman–Crippen MR) is 124 cm³/mol. The van der Waals surface area contributed by atoms with Gasteiger partial charge in [-0.25, -0.2) is 18.7 Å². The molecule has 10 heteroatoms. The van der Waals surface area contributed by atoms with Gasteiger partial charge in [0, 0.05) is 51.9 Å². The van der Waals surface area contributed by atoms with Crippen molar-refractivity contribution < 1.29 is 23.0 Å². The molecule has 0 radical (unpaired) electrons. The van der Waals surface area contributed by atoms with Crippen molar-refractivity contribution in [2.45, 2.75) is 63.3 Å². The lowest BCUT2D eigenvalue weighted by Gasteiger charge is -2.39. The van der Waals surface area contributed by atoms with Gasteiger partial charge in [0.1, 0.15) is 11.9 Å². The first-order chi connectivity index (χ1) is 16.9. The molecule has 1 amide bonds. The number of carbonyl (C=O) groups is 1. The van der Waals surface area contributed by atoms with Crippen molar-refractivity contribution in [3.63, 3.8) is 0 Å². The van der Waals surface area contributed by atoms with E-state index in [1.54, 1.807) is 11.8 Å². The van der Waals surface area contributed by atoms with Crippen molar-refractivity contribution >= 4 is 17.5 Å². The number of fused-ring (bicyclic) bond motifs is 2. The Kier molecular flexibility index (Phi) is 5.51. The molecule has 4 fully saturated rings. The van der Waals surface area contributed by atoms with Gasteiger partial charge in [0.05, 0.1) is 36.2 Å². The van der Waals surface area contributed by atoms with Gasteiger partial charge in [-0.2, -0.15) is 0 Å². The molecule has 3 saturated heterocycles. The third kappa shape index (κ3) is 4.28. The van der Waals surface area contributed by atoms with E-state index in [1.807, 2.05) is 0 Å². The van der Waals surface area contributed by atoms with E-state index < -0.39 is 11.6 Å². The van der Waals surface area contributed by atoms with E-state index in [1.165, 1.54) is 12.1 Å². The number of nitrogens with zero attached hydrogens (tertiary/aromatic N) is 4. The van der Waals surface area contributed by atoms with E-state index in [9.17, 15) is 13.6 Å². The zero-order valence-electron chi connectivity index (χ0n) is 19.7. The Bertz CT molecular complexity index is 1140. The van der Waals surface area contributed by atoms with Gasteiger partial charge in [-0.05, 0) is 25.0 Å². The van der Waals surface area contributed by atoms with Crippen LogP contribution in [0.5, 0.6) is 5.75 Å². The number of benzene rings is 1. The second-order valence-electron chi connectivity index (χ2n) is 10.1. The fraction of sp³-hybridized carbons (Fsp3) is 0.560. The predicted octanol–water partition coefficient (Wildman–Crippen LogP) is 3.05. The minimum Gasteiger partial charge on any atom is -0.487 e. The zero-order valence-corrected chi connectivity index (χ0v) is 19.7. The fourth-order valence-corrected chi connectivity index (χ4v) is 5.55. The highest BCUT2D eigenvalue weighted by atomic mass is 19.1. The van der Waals surface area contributed by atoms with Crippen LogP contribution >= 0.6 is 0 Å². The lowest BCUT2D eigenvalue weighted by molar-refractivity contribution is -0.129. The Labute approximate surface area is 202 Å². The standard InChI is InChI=1S/C25H29F2N5O3/c1-15(33)32-9-6-20-21(13-32)28-23(30-25-11-18(12-25)34-14-25)24(29-20)31-7-4-17(5-8-31)35-22-3-2-16(26)10-19(22)27/h2-3,10,17-18H,4-9,11-14H2,1H3,(H,28,30). The molecule has 0 unspecified atom stereocenters. The number of nitrogens with one attached hydrogen (secondary N) is 1. The van der Waals surface area contributed by atoms with E-state index in [0.717, 1.165) is 41.9 Å². The van der Waals surface area contributed by atoms with Gasteiger partial charge in [0.2, 0.25) is 5.91 Å². The molecule has 5 aliphatic rings. The van der Waals surface area contributed by atoms with Gasteiger partial charge in [0.15, 0.2) is 23.2 Å². The summed E-state index contributed by atoms with van der Waals surface area (Å²) in [6.45, 7) is 4.72. The smallest absolute Gasteiger partial charge is 0.219 e. The highest BCUT2D eigenvalue weighted by Crippen LogP contribution is 2.45. The Morgan fingerprint density at radius 3 is 2.66 bits per heavy atom. The molecule has 8 nitrogen and oxygen atoms in total. The van der Waals surface area contributed by atoms with Gasteiger partial charge in [-0.15, -0.1) is 0 Å². The molecule has 1 aromatic carbocycles. The molecular formula is C25H29F2N5O3. The molecule has 1 N–H and O–H groups in total. The molecule has 2 aromatic rings. The van der Waals surface area contributed by atoms with Crippen LogP contribution in [0.4, 0.5) is 20.4 Å². The van der Waals surface area contributed by atoms with Gasteiger partial charge in [-0.1, -0.05) is 0 Å². The maximum Gasteiger partial charge on any atom is 0.219 e. The summed E-state index contributed by atoms with van der Waals surface area (Å²) in [5.41, 5.74) is 1.68. The van der Waals surface area contributed by atoms with Crippen molar-refractivity contribution in [1.29, 1.82) is 0 Å². The first kappa shape index (κ1) is 22.5. The van der Waals surface area contributed by atoms with Crippen LogP contribution in [0.2, 0.25) is 0 Å². The largest absolute Gasteiger partial charge is 0.487 e. The summed E-state index contributed by atoms with van der Waals surface area (Å²) in [7, 11) is 0. The summed E-state index contributed by atoms with van der Waals surface area (Å²) >= 11 is 0. The van der Waals surface area contributed by atoms with E-state index >= 15 is 0 Å². The highest BCUT2D eigenvalue weighted by Gasteiger charge is 2.52. The first-order valence-electron chi connectivity index (χ1n) is 12.3. The van der Waals surface area contributed by atoms with Crippen molar-refractivity contribution in [2.24, 2.45) is 0 Å². The Balaban J connectivity index is 1.21. The summed E-state index contributed by atoms with van der Waals surface area (Å²) in [5, 5.41) is 3.65. The SMILES string of the molecule is CC(=O)N1CCc2nc(N3CCC(Oc4ccc(F)cc4F)CC3)c(NC34COC(C3)C4)nc2C1. The Hall–Kier alpha value is -3.01. The normalized spacial score (nSPS) is 25.7. The summed E-state index contributed by atoms with van der Waals surface area (Å²) in [6, 6.07) is 3.39. The molecule has 1 aliphatic carbocycles. The number of halogens is 2. The van der Waals surface area contributed by atoms with Crippen LogP contribution in [0.1, 0.15) is 44.0 Å². The molecular weight excluding hydrogens is 456 g/mol. The van der Waals surface area contributed by atoms with E-state index in [2.05, 4.69) is 10.2 Å². The number of aromatic nitrogens is 2. The fourth-order valence-electron chi connectivity index (χ4n) is 5.55. The molecule has 2 bridgehead atoms. The van der Waals surface area contributed by atoms with Crippen LogP contribution in [-0.2, 0) is 22.5 Å². The monoisotopic (exact) mass is 485 g/mol. The number of hydrogen-bond acceptors (Lipinski definition) is 7. The number of ether oxygens (including phenoxy) is 2. The van der Waals surface area contributed by atoms with E-state index in [-0.39, 0.29) is 23.3 Å². The number of anilines is 2. The molecule has 1 saturated carbocycles. The number of amides is 1. The second-order valence-corrected chi connectivity index (χ2v) is 10.1. The summed E-state index contributed by atoms with van der Waals surface area (Å²) in [5.74, 6) is 0.372. The van der Waals surface area contributed by atoms with Crippen molar-refractivity contribution in [3.8, 4) is 5.75 Å². The average Bonchev–Trinajstić information content (AvgIpc) is 3.41. The molecule has 7 rings (SSSR count). The quantitative estimate of drug-likeness (QED) is 0.697. The van der Waals surface area contributed by atoms with Crippen LogP contribution in [0, 0.1) is 11.6 Å². The van der Waals surface area contributed by atoms with Gasteiger partial charge in [-0.3, -0.25) is 4.79 Å². The third-order valence-electron chi connectivity index (χ3n) is 7.58. The minimum atomic E-state index is -0.684. The number of carbonyl (C=O) groups excluding carboxylic acids is 1. The van der Waals surface area contributed by atoms with Gasteiger partial charge >= 0.3 is 0 Å². The number of hydrogen-bond donors (Lipinski definition) is 1. The van der Waals surface area contributed by atoms with Gasteiger partial charge < -0.3 is 24.6 Å². The van der Waals surface area contributed by atoms with E-state index in [4.69, 9.17) is 19.4 Å². The van der Waals surface area contributed by atoms with Crippen LogP contribution in [0.25, 0.3) is 0 Å². The Morgan fingerprint density at radius 1 is 1.17 bits per heavy atom. The molecule has 0 atom stereocenters. The third-order valence-corrected chi connectivity index (χ3v) is 7.58. The van der Waals surface area contributed by atoms with Crippen LogP contribution in [0.3, 0.4) is 0 Å². The first-order valence-corrected chi connectivity index (χ1v) is 12.3. The van der Waals surface area contributed by atoms with Crippen molar-refractivity contribution in [3.05, 3.63) is 41.2 Å². The summed E-state index contributed by atoms with van der Waals surface area (Å²) in [4.78, 5) is 25.9. The zero-order chi connectivity index (χ0) is 24.2. The molecule has 4 aliphatic heterocycles. The Morgan fingerprint density at radius 2 is 1.97 bits per heavy atom. The topological polar surface area (TPSA) is 79.8 Å². The minimum absolute atomic E-state index is 0.0420.